The summed E-state index contributed by atoms with van der Waals surface area (Å²) < 4.78 is 5.39. The van der Waals surface area contributed by atoms with E-state index < -0.39 is 5.60 Å². The van der Waals surface area contributed by atoms with Crippen molar-refractivity contribution in [2.75, 3.05) is 31.1 Å². The molecule has 0 aromatic heterocycles. The summed E-state index contributed by atoms with van der Waals surface area (Å²) in [5.74, 6) is 0. The van der Waals surface area contributed by atoms with Crippen molar-refractivity contribution in [1.29, 1.82) is 5.26 Å². The summed E-state index contributed by atoms with van der Waals surface area (Å²) in [6.07, 6.45) is -0.371. The summed E-state index contributed by atoms with van der Waals surface area (Å²) in [4.78, 5) is 15.8. The Morgan fingerprint density at radius 1 is 1.39 bits per heavy atom. The fourth-order valence-corrected chi connectivity index (χ4v) is 2.64. The molecule has 1 aliphatic heterocycles. The van der Waals surface area contributed by atoms with Crippen molar-refractivity contribution in [2.45, 2.75) is 32.4 Å². The van der Waals surface area contributed by atoms with Crippen molar-refractivity contribution in [3.63, 3.8) is 0 Å². The van der Waals surface area contributed by atoms with Gasteiger partial charge >= 0.3 is 6.09 Å². The SMILES string of the molecule is CC(C)(C)OC(=O)N1CCN(c2ccccc2C#N)[C@H](CO)C1. The minimum atomic E-state index is -0.545. The summed E-state index contributed by atoms with van der Waals surface area (Å²) in [6, 6.07) is 9.21. The first kappa shape index (κ1) is 17.1. The van der Waals surface area contributed by atoms with E-state index in [9.17, 15) is 15.2 Å². The highest BCUT2D eigenvalue weighted by molar-refractivity contribution is 5.69. The number of aliphatic hydroxyl groups excluding tert-OH is 1. The number of aliphatic hydroxyl groups is 1. The minimum absolute atomic E-state index is 0.0982. The number of carbonyl (C=O) groups is 1. The van der Waals surface area contributed by atoms with Crippen LogP contribution in [0.25, 0.3) is 0 Å². The predicted molar refractivity (Wildman–Crippen MR) is 87.2 cm³/mol. The van der Waals surface area contributed by atoms with Crippen molar-refractivity contribution < 1.29 is 14.6 Å². The lowest BCUT2D eigenvalue weighted by molar-refractivity contribution is 0.0197. The second-order valence-corrected chi connectivity index (χ2v) is 6.59. The van der Waals surface area contributed by atoms with Gasteiger partial charge in [-0.15, -0.1) is 0 Å². The van der Waals surface area contributed by atoms with Gasteiger partial charge in [0.1, 0.15) is 11.7 Å². The number of nitrogens with zero attached hydrogens (tertiary/aromatic N) is 3. The van der Waals surface area contributed by atoms with Crippen LogP contribution in [0.4, 0.5) is 10.5 Å². The van der Waals surface area contributed by atoms with Crippen LogP contribution >= 0.6 is 0 Å². The summed E-state index contributed by atoms with van der Waals surface area (Å²) in [5, 5.41) is 19.0. The number of amides is 1. The third-order valence-electron chi connectivity index (χ3n) is 3.68. The molecular formula is C17H23N3O3. The summed E-state index contributed by atoms with van der Waals surface area (Å²) in [7, 11) is 0. The van der Waals surface area contributed by atoms with E-state index >= 15 is 0 Å². The number of piperazine rings is 1. The molecule has 0 unspecified atom stereocenters. The zero-order chi connectivity index (χ0) is 17.0. The number of ether oxygens (including phenoxy) is 1. The Kier molecular flexibility index (Phi) is 5.12. The van der Waals surface area contributed by atoms with Crippen molar-refractivity contribution in [3.8, 4) is 6.07 Å². The number of benzene rings is 1. The molecule has 1 heterocycles. The van der Waals surface area contributed by atoms with Gasteiger partial charge in [-0.25, -0.2) is 4.79 Å². The molecule has 1 atom stereocenters. The molecule has 1 amide bonds. The number of hydrogen-bond acceptors (Lipinski definition) is 5. The van der Waals surface area contributed by atoms with Gasteiger partial charge < -0.3 is 19.6 Å². The highest BCUT2D eigenvalue weighted by Gasteiger charge is 2.32. The largest absolute Gasteiger partial charge is 0.444 e. The first-order valence-electron chi connectivity index (χ1n) is 7.70. The maximum Gasteiger partial charge on any atom is 0.410 e. The minimum Gasteiger partial charge on any atom is -0.444 e. The molecule has 1 aromatic rings. The van der Waals surface area contributed by atoms with Gasteiger partial charge in [0.05, 0.1) is 23.9 Å². The lowest BCUT2D eigenvalue weighted by Gasteiger charge is -2.42. The number of anilines is 1. The van der Waals surface area contributed by atoms with Crippen molar-refractivity contribution in [3.05, 3.63) is 29.8 Å². The average molecular weight is 317 g/mol. The molecule has 2 rings (SSSR count). The Bertz CT molecular complexity index is 604. The van der Waals surface area contributed by atoms with Crippen LogP contribution in [0.15, 0.2) is 24.3 Å². The maximum absolute atomic E-state index is 12.2. The van der Waals surface area contributed by atoms with Crippen LogP contribution < -0.4 is 4.90 Å². The molecule has 0 spiro atoms. The molecule has 0 radical (unpaired) electrons. The second kappa shape index (κ2) is 6.88. The van der Waals surface area contributed by atoms with E-state index in [1.54, 1.807) is 11.0 Å². The Balaban J connectivity index is 2.14. The lowest BCUT2D eigenvalue weighted by atomic mass is 10.1. The fourth-order valence-electron chi connectivity index (χ4n) is 2.64. The third-order valence-corrected chi connectivity index (χ3v) is 3.68. The summed E-state index contributed by atoms with van der Waals surface area (Å²) in [6.45, 7) is 6.79. The van der Waals surface area contributed by atoms with Crippen LogP contribution in [0.3, 0.4) is 0 Å². The van der Waals surface area contributed by atoms with E-state index in [0.717, 1.165) is 5.69 Å². The van der Waals surface area contributed by atoms with Gasteiger partial charge in [0, 0.05) is 19.6 Å². The molecule has 6 nitrogen and oxygen atoms in total. The number of rotatable bonds is 2. The zero-order valence-electron chi connectivity index (χ0n) is 13.8. The van der Waals surface area contributed by atoms with Crippen LogP contribution in [0, 0.1) is 11.3 Å². The molecule has 124 valence electrons. The molecule has 1 N–H and O–H groups in total. The lowest BCUT2D eigenvalue weighted by Crippen LogP contribution is -2.57. The van der Waals surface area contributed by atoms with Gasteiger partial charge in [-0.1, -0.05) is 12.1 Å². The predicted octanol–water partition coefficient (Wildman–Crippen LogP) is 1.98. The molecule has 1 fully saturated rings. The molecule has 0 bridgehead atoms. The van der Waals surface area contributed by atoms with Crippen LogP contribution in [-0.2, 0) is 4.74 Å². The van der Waals surface area contributed by atoms with Gasteiger partial charge in [0.2, 0.25) is 0 Å². The second-order valence-electron chi connectivity index (χ2n) is 6.59. The van der Waals surface area contributed by atoms with E-state index in [2.05, 4.69) is 6.07 Å². The van der Waals surface area contributed by atoms with Gasteiger partial charge in [-0.3, -0.25) is 0 Å². The monoisotopic (exact) mass is 317 g/mol. The van der Waals surface area contributed by atoms with E-state index in [0.29, 0.717) is 25.2 Å². The standard InChI is InChI=1S/C17H23N3O3/c1-17(2,3)23-16(22)19-8-9-20(14(11-19)12-21)15-7-5-4-6-13(15)10-18/h4-7,14,21H,8-9,11-12H2,1-3H3/t14-/m0/s1. The Labute approximate surface area is 136 Å². The number of para-hydroxylation sites is 1. The zero-order valence-corrected chi connectivity index (χ0v) is 13.8. The van der Waals surface area contributed by atoms with Gasteiger partial charge in [-0.05, 0) is 32.9 Å². The van der Waals surface area contributed by atoms with Crippen molar-refractivity contribution in [1.82, 2.24) is 4.90 Å². The van der Waals surface area contributed by atoms with Gasteiger partial charge in [0.15, 0.2) is 0 Å². The highest BCUT2D eigenvalue weighted by atomic mass is 16.6. The molecule has 1 saturated heterocycles. The van der Waals surface area contributed by atoms with E-state index in [1.165, 1.54) is 0 Å². The fraction of sp³-hybridized carbons (Fsp3) is 0.529. The van der Waals surface area contributed by atoms with Gasteiger partial charge in [0.25, 0.3) is 0 Å². The maximum atomic E-state index is 12.2. The van der Waals surface area contributed by atoms with Gasteiger partial charge in [-0.2, -0.15) is 5.26 Å². The first-order chi connectivity index (χ1) is 10.9. The summed E-state index contributed by atoms with van der Waals surface area (Å²) >= 11 is 0. The number of hydrogen-bond donors (Lipinski definition) is 1. The highest BCUT2D eigenvalue weighted by Crippen LogP contribution is 2.25. The van der Waals surface area contributed by atoms with Crippen molar-refractivity contribution in [2.24, 2.45) is 0 Å². The van der Waals surface area contributed by atoms with E-state index in [4.69, 9.17) is 4.74 Å². The van der Waals surface area contributed by atoms with Crippen LogP contribution in [0.1, 0.15) is 26.3 Å². The quantitative estimate of drug-likeness (QED) is 0.902. The third kappa shape index (κ3) is 4.14. The smallest absolute Gasteiger partial charge is 0.410 e. The summed E-state index contributed by atoms with van der Waals surface area (Å²) in [5.41, 5.74) is 0.811. The number of nitriles is 1. The van der Waals surface area contributed by atoms with E-state index in [-0.39, 0.29) is 18.7 Å². The molecule has 0 saturated carbocycles. The van der Waals surface area contributed by atoms with E-state index in [1.807, 2.05) is 43.9 Å². The Morgan fingerprint density at radius 2 is 2.09 bits per heavy atom. The van der Waals surface area contributed by atoms with Crippen LogP contribution in [-0.4, -0.2) is 54.0 Å². The Morgan fingerprint density at radius 3 is 2.70 bits per heavy atom. The number of carbonyl (C=O) groups excluding carboxylic acids is 1. The normalized spacial score (nSPS) is 18.5. The Hall–Kier alpha value is -2.26. The molecule has 1 aromatic carbocycles. The molecule has 23 heavy (non-hydrogen) atoms. The molecule has 1 aliphatic rings. The molecular weight excluding hydrogens is 294 g/mol. The van der Waals surface area contributed by atoms with Crippen LogP contribution in [0.2, 0.25) is 0 Å². The van der Waals surface area contributed by atoms with Crippen LogP contribution in [0.5, 0.6) is 0 Å². The average Bonchev–Trinajstić information content (AvgIpc) is 2.52. The van der Waals surface area contributed by atoms with Crippen molar-refractivity contribution >= 4 is 11.8 Å². The first-order valence-corrected chi connectivity index (χ1v) is 7.70. The molecule has 6 heteroatoms. The topological polar surface area (TPSA) is 76.8 Å². The molecule has 0 aliphatic carbocycles.